The van der Waals surface area contributed by atoms with E-state index in [1.54, 1.807) is 0 Å². The maximum atomic E-state index is 2.60. The standard InChI is InChI=1S/C48H39B7N2/c49-40-37(29-21-23-36-33(25-29)32-24-28(26-12-4-1-5-13-26)20-22-35(32)56(36)30-16-8-3-9-17-30)41(50)45(54)47-38(40)39-42(51)43(52)44(53)46(55)48(39)57(47)34-19-11-10-18-31(34)27-14-6-2-7-15-27/h1-25H,49-55H2. The van der Waals surface area contributed by atoms with Gasteiger partial charge in [0.1, 0.15) is 54.9 Å². The van der Waals surface area contributed by atoms with E-state index in [0.29, 0.717) is 0 Å². The summed E-state index contributed by atoms with van der Waals surface area (Å²) in [6.07, 6.45) is 0. The van der Waals surface area contributed by atoms with Crippen molar-refractivity contribution in [3.63, 3.8) is 0 Å². The Balaban J connectivity index is 1.30. The highest BCUT2D eigenvalue weighted by Gasteiger charge is 2.26. The maximum absolute atomic E-state index is 2.60. The van der Waals surface area contributed by atoms with Gasteiger partial charge in [-0.3, -0.25) is 0 Å². The van der Waals surface area contributed by atoms with E-state index in [1.165, 1.54) is 127 Å². The molecule has 10 rings (SSSR count). The molecule has 262 valence electrons. The van der Waals surface area contributed by atoms with Crippen molar-refractivity contribution in [3.8, 4) is 44.8 Å². The number of benzene rings is 8. The first-order valence-electron chi connectivity index (χ1n) is 20.1. The molecular weight excluding hydrogens is 680 g/mol. The number of hydrogen-bond donors (Lipinski definition) is 0. The molecule has 0 saturated carbocycles. The summed E-state index contributed by atoms with van der Waals surface area (Å²) in [4.78, 5) is 0. The van der Waals surface area contributed by atoms with Gasteiger partial charge in [-0.25, -0.2) is 0 Å². The third-order valence-electron chi connectivity index (χ3n) is 13.0. The topological polar surface area (TPSA) is 9.86 Å². The van der Waals surface area contributed by atoms with E-state index in [2.05, 4.69) is 216 Å². The highest BCUT2D eigenvalue weighted by Crippen LogP contribution is 2.38. The second kappa shape index (κ2) is 13.5. The van der Waals surface area contributed by atoms with E-state index in [1.807, 2.05) is 0 Å². The van der Waals surface area contributed by atoms with Gasteiger partial charge in [-0.1, -0.05) is 142 Å². The minimum Gasteiger partial charge on any atom is -0.310 e. The molecule has 2 heterocycles. The molecule has 0 amide bonds. The summed E-state index contributed by atoms with van der Waals surface area (Å²) in [7, 11) is 16.3. The molecule has 0 saturated heterocycles. The average molecular weight is 720 g/mol. The zero-order chi connectivity index (χ0) is 39.1. The van der Waals surface area contributed by atoms with Crippen molar-refractivity contribution in [2.75, 3.05) is 0 Å². The lowest BCUT2D eigenvalue weighted by Gasteiger charge is -2.20. The predicted octanol–water partition coefficient (Wildman–Crippen LogP) is 0.691. The summed E-state index contributed by atoms with van der Waals surface area (Å²) in [6.45, 7) is 0. The van der Waals surface area contributed by atoms with Crippen LogP contribution in [0.4, 0.5) is 0 Å². The van der Waals surface area contributed by atoms with Crippen LogP contribution in [-0.2, 0) is 0 Å². The van der Waals surface area contributed by atoms with Gasteiger partial charge in [0.05, 0.1) is 16.7 Å². The monoisotopic (exact) mass is 720 g/mol. The predicted molar refractivity (Wildman–Crippen MR) is 269 cm³/mol. The lowest BCUT2D eigenvalue weighted by molar-refractivity contribution is 1.18. The highest BCUT2D eigenvalue weighted by molar-refractivity contribution is 6.69. The molecule has 0 unspecified atom stereocenters. The van der Waals surface area contributed by atoms with E-state index < -0.39 is 0 Å². The molecule has 0 spiro atoms. The van der Waals surface area contributed by atoms with Crippen LogP contribution in [0.3, 0.4) is 0 Å². The van der Waals surface area contributed by atoms with Gasteiger partial charge in [-0.05, 0) is 75.7 Å². The van der Waals surface area contributed by atoms with E-state index in [0.717, 1.165) is 0 Å². The van der Waals surface area contributed by atoms with Crippen molar-refractivity contribution in [1.82, 2.24) is 9.13 Å². The van der Waals surface area contributed by atoms with Gasteiger partial charge in [-0.15, -0.1) is 5.46 Å². The van der Waals surface area contributed by atoms with Gasteiger partial charge in [0.2, 0.25) is 0 Å². The van der Waals surface area contributed by atoms with Crippen LogP contribution in [-0.4, -0.2) is 64.1 Å². The van der Waals surface area contributed by atoms with Crippen molar-refractivity contribution < 1.29 is 0 Å². The molecule has 0 atom stereocenters. The van der Waals surface area contributed by atoms with Gasteiger partial charge in [0.15, 0.2) is 0 Å². The van der Waals surface area contributed by atoms with Crippen LogP contribution in [0.25, 0.3) is 88.4 Å². The molecule has 0 N–H and O–H groups in total. The molecule has 0 aliphatic heterocycles. The Labute approximate surface area is 340 Å². The van der Waals surface area contributed by atoms with Crippen molar-refractivity contribution in [2.24, 2.45) is 0 Å². The van der Waals surface area contributed by atoms with Crippen LogP contribution in [0.1, 0.15) is 0 Å². The lowest BCUT2D eigenvalue weighted by atomic mass is 9.64. The van der Waals surface area contributed by atoms with Crippen LogP contribution >= 0.6 is 0 Å². The molecule has 57 heavy (non-hydrogen) atoms. The summed E-state index contributed by atoms with van der Waals surface area (Å²) < 4.78 is 5.02. The first-order chi connectivity index (χ1) is 27.7. The normalized spacial score (nSPS) is 11.6. The Morgan fingerprint density at radius 3 is 1.47 bits per heavy atom. The van der Waals surface area contributed by atoms with Crippen molar-refractivity contribution in [1.29, 1.82) is 0 Å². The molecule has 0 fully saturated rings. The Hall–Kier alpha value is -6.19. The Morgan fingerprint density at radius 1 is 0.333 bits per heavy atom. The number of fused-ring (bicyclic) bond motifs is 6. The quantitative estimate of drug-likeness (QED) is 0.232. The summed E-state index contributed by atoms with van der Waals surface area (Å²) in [6, 6.07) is 55.4. The highest BCUT2D eigenvalue weighted by atomic mass is 15.0. The van der Waals surface area contributed by atoms with E-state index >= 15 is 0 Å². The van der Waals surface area contributed by atoms with Crippen LogP contribution in [0, 0.1) is 0 Å². The molecule has 0 aliphatic rings. The van der Waals surface area contributed by atoms with Gasteiger partial charge < -0.3 is 9.13 Å². The van der Waals surface area contributed by atoms with Gasteiger partial charge in [0, 0.05) is 38.4 Å². The van der Waals surface area contributed by atoms with Gasteiger partial charge >= 0.3 is 0 Å². The zero-order valence-electron chi connectivity index (χ0n) is 33.8. The smallest absolute Gasteiger partial charge is 0.141 e. The summed E-state index contributed by atoms with van der Waals surface area (Å²) >= 11 is 0. The summed E-state index contributed by atoms with van der Waals surface area (Å²) in [5.41, 5.74) is 24.3. The van der Waals surface area contributed by atoms with Crippen LogP contribution in [0.15, 0.2) is 152 Å². The fourth-order valence-electron chi connectivity index (χ4n) is 9.76. The Morgan fingerprint density at radius 2 is 0.825 bits per heavy atom. The van der Waals surface area contributed by atoms with Crippen molar-refractivity contribution in [2.45, 2.75) is 0 Å². The first kappa shape index (κ1) is 35.2. The SMILES string of the molecule is Bc1c(B)c(B)c2c(c1B)c1c(B)c(-c3ccc4c(c3)c3cc(-c5ccccc5)ccc3n4-c3ccccc3)c(B)c(B)c1n2-c1ccccc1-c1ccccc1. The average Bonchev–Trinajstić information content (AvgIpc) is 3.79. The molecule has 10 aromatic rings. The Kier molecular flexibility index (Phi) is 8.34. The molecule has 9 heteroatoms. The number of rotatable bonds is 5. The van der Waals surface area contributed by atoms with Crippen LogP contribution in [0.5, 0.6) is 0 Å². The molecule has 0 radical (unpaired) electrons. The largest absolute Gasteiger partial charge is 0.310 e. The number of nitrogens with zero attached hydrogens (tertiary/aromatic N) is 2. The molecule has 8 aromatic carbocycles. The first-order valence-corrected chi connectivity index (χ1v) is 20.1. The fraction of sp³-hybridized carbons (Fsp3) is 0. The van der Waals surface area contributed by atoms with E-state index in [9.17, 15) is 0 Å². The minimum atomic E-state index is 1.17. The van der Waals surface area contributed by atoms with E-state index in [-0.39, 0.29) is 0 Å². The molecule has 0 bridgehead atoms. The van der Waals surface area contributed by atoms with Crippen LogP contribution in [0.2, 0.25) is 0 Å². The van der Waals surface area contributed by atoms with Crippen LogP contribution < -0.4 is 38.2 Å². The lowest BCUT2D eigenvalue weighted by Crippen LogP contribution is -2.48. The zero-order valence-corrected chi connectivity index (χ0v) is 33.8. The van der Waals surface area contributed by atoms with Crippen molar-refractivity contribution >= 4 is 137 Å². The van der Waals surface area contributed by atoms with Gasteiger partial charge in [-0.2, -0.15) is 0 Å². The second-order valence-electron chi connectivity index (χ2n) is 15.9. The summed E-state index contributed by atoms with van der Waals surface area (Å²) in [5.74, 6) is 0. The third-order valence-corrected chi connectivity index (χ3v) is 13.0. The fourth-order valence-corrected chi connectivity index (χ4v) is 9.76. The Bertz CT molecular complexity index is 3240. The molecule has 2 aromatic heterocycles. The number of aromatic nitrogens is 2. The molecule has 2 nitrogen and oxygen atoms in total. The number of hydrogen-bond acceptors (Lipinski definition) is 0. The second-order valence-corrected chi connectivity index (χ2v) is 15.9. The van der Waals surface area contributed by atoms with Gasteiger partial charge in [0.25, 0.3) is 0 Å². The van der Waals surface area contributed by atoms with Crippen molar-refractivity contribution in [3.05, 3.63) is 152 Å². The summed E-state index contributed by atoms with van der Waals surface area (Å²) in [5, 5.41) is 5.24. The number of para-hydroxylation sites is 2. The minimum absolute atomic E-state index is 1.17. The molecule has 0 aliphatic carbocycles. The van der Waals surface area contributed by atoms with E-state index in [4.69, 9.17) is 0 Å². The molecular formula is C48H39B7N2. The maximum Gasteiger partial charge on any atom is 0.141 e. The third kappa shape index (κ3) is 5.28.